The monoisotopic (exact) mass is 269 g/mol. The van der Waals surface area contributed by atoms with Crippen LogP contribution in [0.3, 0.4) is 0 Å². The maximum absolute atomic E-state index is 11.9. The van der Waals surface area contributed by atoms with E-state index < -0.39 is 0 Å². The molecule has 0 saturated heterocycles. The highest BCUT2D eigenvalue weighted by Crippen LogP contribution is 2.19. The predicted molar refractivity (Wildman–Crippen MR) is 76.0 cm³/mol. The normalized spacial score (nSPS) is 13.0. The number of carbonyl (C=O) groups excluding carboxylic acids is 1. The first-order valence-corrected chi connectivity index (χ1v) is 7.26. The number of nitrogens with zero attached hydrogens (tertiary/aromatic N) is 1. The fourth-order valence-corrected chi connectivity index (χ4v) is 2.76. The fraction of sp³-hybridized carbons (Fsp3) is 0.615. The molecule has 1 rings (SSSR count). The molecule has 1 amide bonds. The lowest BCUT2D eigenvalue weighted by Crippen LogP contribution is -2.51. The molecule has 0 aliphatic carbocycles. The van der Waals surface area contributed by atoms with Crippen molar-refractivity contribution in [2.75, 3.05) is 0 Å². The molecule has 1 atom stereocenters. The minimum Gasteiger partial charge on any atom is -0.293 e. The van der Waals surface area contributed by atoms with Crippen LogP contribution >= 0.6 is 11.3 Å². The third kappa shape index (κ3) is 4.08. The van der Waals surface area contributed by atoms with E-state index in [2.05, 4.69) is 42.5 Å². The summed E-state index contributed by atoms with van der Waals surface area (Å²) < 4.78 is 0. The smallest absolute Gasteiger partial charge is 0.251 e. The van der Waals surface area contributed by atoms with E-state index >= 15 is 0 Å². The lowest BCUT2D eigenvalue weighted by molar-refractivity contribution is -0.127. The van der Waals surface area contributed by atoms with Crippen LogP contribution in [-0.4, -0.2) is 22.9 Å². The number of nitrogens with two attached hydrogens (primary N) is 1. The third-order valence-electron chi connectivity index (χ3n) is 2.99. The van der Waals surface area contributed by atoms with E-state index in [0.29, 0.717) is 6.04 Å². The first kappa shape index (κ1) is 15.1. The molecular weight excluding hydrogens is 246 g/mol. The molecule has 0 aliphatic heterocycles. The number of rotatable bonds is 7. The van der Waals surface area contributed by atoms with Gasteiger partial charge in [-0.3, -0.25) is 15.1 Å². The van der Waals surface area contributed by atoms with Gasteiger partial charge in [0.15, 0.2) is 0 Å². The molecule has 1 aromatic rings. The molecule has 18 heavy (non-hydrogen) atoms. The van der Waals surface area contributed by atoms with Crippen LogP contribution in [0.1, 0.15) is 38.5 Å². The zero-order valence-electron chi connectivity index (χ0n) is 11.3. The predicted octanol–water partition coefficient (Wildman–Crippen LogP) is 2.12. The molecule has 0 radical (unpaired) electrons. The summed E-state index contributed by atoms with van der Waals surface area (Å²) in [5.74, 6) is 5.20. The number of nitrogens with one attached hydrogen (secondary N) is 1. The largest absolute Gasteiger partial charge is 0.293 e. The summed E-state index contributed by atoms with van der Waals surface area (Å²) in [4.78, 5) is 15.4. The summed E-state index contributed by atoms with van der Waals surface area (Å²) in [6.07, 6.45) is 1.79. The maximum atomic E-state index is 11.9. The SMILES string of the molecule is CCCC(C(=O)NN)N(Cc1cccs1)C(C)C. The first-order chi connectivity index (χ1) is 8.60. The molecule has 1 aromatic heterocycles. The zero-order chi connectivity index (χ0) is 13.5. The summed E-state index contributed by atoms with van der Waals surface area (Å²) in [6, 6.07) is 4.29. The number of thiophene rings is 1. The second-order valence-electron chi connectivity index (χ2n) is 4.66. The van der Waals surface area contributed by atoms with Crippen LogP contribution in [0.15, 0.2) is 17.5 Å². The van der Waals surface area contributed by atoms with Gasteiger partial charge in [0.1, 0.15) is 0 Å². The van der Waals surface area contributed by atoms with Crippen molar-refractivity contribution in [3.8, 4) is 0 Å². The molecule has 0 aromatic carbocycles. The van der Waals surface area contributed by atoms with Gasteiger partial charge >= 0.3 is 0 Å². The van der Waals surface area contributed by atoms with Crippen LogP contribution in [0.25, 0.3) is 0 Å². The number of carbonyl (C=O) groups is 1. The maximum Gasteiger partial charge on any atom is 0.251 e. The molecule has 0 saturated carbocycles. The van der Waals surface area contributed by atoms with Crippen molar-refractivity contribution in [3.63, 3.8) is 0 Å². The van der Waals surface area contributed by atoms with Gasteiger partial charge in [0.2, 0.25) is 0 Å². The quantitative estimate of drug-likeness (QED) is 0.453. The summed E-state index contributed by atoms with van der Waals surface area (Å²) in [7, 11) is 0. The summed E-state index contributed by atoms with van der Waals surface area (Å²) in [5.41, 5.74) is 2.29. The van der Waals surface area contributed by atoms with Gasteiger partial charge in [-0.1, -0.05) is 19.4 Å². The van der Waals surface area contributed by atoms with E-state index in [1.54, 1.807) is 11.3 Å². The number of hydrogen-bond acceptors (Lipinski definition) is 4. The zero-order valence-corrected chi connectivity index (χ0v) is 12.2. The molecule has 0 bridgehead atoms. The van der Waals surface area contributed by atoms with Crippen molar-refractivity contribution >= 4 is 17.2 Å². The lowest BCUT2D eigenvalue weighted by Gasteiger charge is -2.33. The van der Waals surface area contributed by atoms with Crippen molar-refractivity contribution in [3.05, 3.63) is 22.4 Å². The van der Waals surface area contributed by atoms with E-state index in [1.807, 2.05) is 6.07 Å². The van der Waals surface area contributed by atoms with Crippen molar-refractivity contribution in [2.45, 2.75) is 52.2 Å². The van der Waals surface area contributed by atoms with E-state index in [1.165, 1.54) is 4.88 Å². The Kier molecular flexibility index (Phi) is 6.32. The second-order valence-corrected chi connectivity index (χ2v) is 5.69. The molecule has 4 nitrogen and oxygen atoms in total. The van der Waals surface area contributed by atoms with Crippen LogP contribution in [0, 0.1) is 0 Å². The minimum absolute atomic E-state index is 0.0953. The highest BCUT2D eigenvalue weighted by atomic mass is 32.1. The average Bonchev–Trinajstić information content (AvgIpc) is 2.85. The Balaban J connectivity index is 2.82. The topological polar surface area (TPSA) is 58.4 Å². The highest BCUT2D eigenvalue weighted by molar-refractivity contribution is 7.09. The van der Waals surface area contributed by atoms with E-state index in [4.69, 9.17) is 5.84 Å². The van der Waals surface area contributed by atoms with Gasteiger partial charge in [-0.25, -0.2) is 5.84 Å². The first-order valence-electron chi connectivity index (χ1n) is 6.38. The van der Waals surface area contributed by atoms with E-state index in [0.717, 1.165) is 19.4 Å². The number of hydrogen-bond donors (Lipinski definition) is 2. The Morgan fingerprint density at radius 3 is 2.72 bits per heavy atom. The Morgan fingerprint density at radius 1 is 1.56 bits per heavy atom. The molecule has 1 heterocycles. The van der Waals surface area contributed by atoms with Crippen LogP contribution in [-0.2, 0) is 11.3 Å². The highest BCUT2D eigenvalue weighted by Gasteiger charge is 2.26. The summed E-state index contributed by atoms with van der Waals surface area (Å²) in [5, 5.41) is 2.06. The van der Waals surface area contributed by atoms with Crippen LogP contribution < -0.4 is 11.3 Å². The van der Waals surface area contributed by atoms with Gasteiger partial charge in [-0.15, -0.1) is 11.3 Å². The Labute approximate surface area is 113 Å². The van der Waals surface area contributed by atoms with Crippen LogP contribution in [0.4, 0.5) is 0 Å². The minimum atomic E-state index is -0.151. The van der Waals surface area contributed by atoms with Crippen molar-refractivity contribution < 1.29 is 4.79 Å². The molecule has 102 valence electrons. The van der Waals surface area contributed by atoms with Gasteiger partial charge in [0, 0.05) is 17.5 Å². The second kappa shape index (κ2) is 7.51. The third-order valence-corrected chi connectivity index (χ3v) is 3.85. The Morgan fingerprint density at radius 2 is 2.28 bits per heavy atom. The van der Waals surface area contributed by atoms with Gasteiger partial charge in [0.25, 0.3) is 5.91 Å². The molecule has 0 fully saturated rings. The van der Waals surface area contributed by atoms with Crippen molar-refractivity contribution in [1.29, 1.82) is 0 Å². The van der Waals surface area contributed by atoms with Crippen molar-refractivity contribution in [2.24, 2.45) is 5.84 Å². The van der Waals surface area contributed by atoms with Gasteiger partial charge in [0.05, 0.1) is 6.04 Å². The molecular formula is C13H23N3OS. The molecule has 5 heteroatoms. The van der Waals surface area contributed by atoms with E-state index in [-0.39, 0.29) is 11.9 Å². The van der Waals surface area contributed by atoms with E-state index in [9.17, 15) is 4.79 Å². The van der Waals surface area contributed by atoms with Crippen LogP contribution in [0.2, 0.25) is 0 Å². The van der Waals surface area contributed by atoms with Crippen molar-refractivity contribution in [1.82, 2.24) is 10.3 Å². The van der Waals surface area contributed by atoms with Gasteiger partial charge in [-0.05, 0) is 31.7 Å². The van der Waals surface area contributed by atoms with Crippen LogP contribution in [0.5, 0.6) is 0 Å². The molecule has 1 unspecified atom stereocenters. The Bertz CT molecular complexity index is 351. The number of amides is 1. The molecule has 0 aliphatic rings. The standard InChI is InChI=1S/C13H23N3OS/c1-4-6-12(13(17)15-14)16(10(2)3)9-11-7-5-8-18-11/h5,7-8,10,12H,4,6,9,14H2,1-3H3,(H,15,17). The average molecular weight is 269 g/mol. The summed E-state index contributed by atoms with van der Waals surface area (Å²) >= 11 is 1.72. The number of hydrazine groups is 1. The van der Waals surface area contributed by atoms with Gasteiger partial charge < -0.3 is 0 Å². The lowest BCUT2D eigenvalue weighted by atomic mass is 10.1. The Hall–Kier alpha value is -0.910. The fourth-order valence-electron chi connectivity index (χ4n) is 2.05. The molecule has 0 spiro atoms. The van der Waals surface area contributed by atoms with Gasteiger partial charge in [-0.2, -0.15) is 0 Å². The molecule has 3 N–H and O–H groups in total. The summed E-state index contributed by atoms with van der Waals surface area (Å²) in [6.45, 7) is 7.11.